The molecule has 0 amide bonds. The summed E-state index contributed by atoms with van der Waals surface area (Å²) in [6.07, 6.45) is 10.1. The summed E-state index contributed by atoms with van der Waals surface area (Å²) < 4.78 is 0. The number of nitrogens with zero attached hydrogens (tertiary/aromatic N) is 4. The van der Waals surface area contributed by atoms with Crippen LogP contribution in [-0.4, -0.2) is 58.2 Å². The molecule has 2 rings (SSSR count). The molecule has 1 unspecified atom stereocenters. The van der Waals surface area contributed by atoms with Crippen molar-refractivity contribution in [2.75, 3.05) is 31.1 Å². The van der Waals surface area contributed by atoms with Crippen molar-refractivity contribution in [3.05, 3.63) is 30.6 Å². The summed E-state index contributed by atoms with van der Waals surface area (Å²) in [4.78, 5) is 24.2. The number of hydrogen-bond donors (Lipinski definition) is 1. The number of aliphatic carboxylic acids is 1. The summed E-state index contributed by atoms with van der Waals surface area (Å²) in [7, 11) is 0. The van der Waals surface area contributed by atoms with Gasteiger partial charge in [-0.3, -0.25) is 9.69 Å². The number of carbonyl (C=O) groups is 1. The van der Waals surface area contributed by atoms with E-state index >= 15 is 0 Å². The maximum atomic E-state index is 11.5. The van der Waals surface area contributed by atoms with Crippen LogP contribution in [0, 0.1) is 0 Å². The predicted molar refractivity (Wildman–Crippen MR) is 85.9 cm³/mol. The number of rotatable bonds is 6. The summed E-state index contributed by atoms with van der Waals surface area (Å²) in [5, 5.41) is 9.47. The van der Waals surface area contributed by atoms with Crippen molar-refractivity contribution in [3.63, 3.8) is 0 Å². The molecule has 0 spiro atoms. The molecule has 1 atom stereocenters. The number of carboxylic acid groups (broad SMARTS) is 1. The Labute approximate surface area is 131 Å². The van der Waals surface area contributed by atoms with Crippen molar-refractivity contribution in [2.24, 2.45) is 0 Å². The Morgan fingerprint density at radius 3 is 2.77 bits per heavy atom. The van der Waals surface area contributed by atoms with Crippen molar-refractivity contribution in [1.29, 1.82) is 0 Å². The molecule has 1 aliphatic rings. The predicted octanol–water partition coefficient (Wildman–Crippen LogP) is 1.80. The van der Waals surface area contributed by atoms with E-state index < -0.39 is 12.0 Å². The van der Waals surface area contributed by atoms with Crippen LogP contribution < -0.4 is 4.90 Å². The molecule has 6 nitrogen and oxygen atoms in total. The first-order valence-electron chi connectivity index (χ1n) is 7.88. The lowest BCUT2D eigenvalue weighted by Crippen LogP contribution is -2.42. The minimum atomic E-state index is -0.781. The first-order valence-corrected chi connectivity index (χ1v) is 7.88. The van der Waals surface area contributed by atoms with Crippen LogP contribution in [0.3, 0.4) is 0 Å². The van der Waals surface area contributed by atoms with E-state index in [0.29, 0.717) is 6.54 Å². The van der Waals surface area contributed by atoms with Gasteiger partial charge in [0.25, 0.3) is 0 Å². The molecule has 120 valence electrons. The second kappa shape index (κ2) is 8.48. The van der Waals surface area contributed by atoms with Gasteiger partial charge in [-0.15, -0.1) is 0 Å². The van der Waals surface area contributed by atoms with Gasteiger partial charge < -0.3 is 10.0 Å². The summed E-state index contributed by atoms with van der Waals surface area (Å²) in [5.41, 5.74) is 0. The fourth-order valence-corrected chi connectivity index (χ4v) is 2.62. The molecule has 1 aliphatic heterocycles. The number of aromatic nitrogens is 2. The zero-order valence-electron chi connectivity index (χ0n) is 13.1. The quantitative estimate of drug-likeness (QED) is 0.808. The zero-order valence-corrected chi connectivity index (χ0v) is 13.1. The van der Waals surface area contributed by atoms with Crippen LogP contribution >= 0.6 is 0 Å². The Bertz CT molecular complexity index is 492. The van der Waals surface area contributed by atoms with Crippen LogP contribution in [-0.2, 0) is 4.79 Å². The fourth-order valence-electron chi connectivity index (χ4n) is 2.62. The molecular weight excluding hydrogens is 280 g/mol. The molecule has 1 N–H and O–H groups in total. The fraction of sp³-hybridized carbons (Fsp3) is 0.562. The Kier molecular flexibility index (Phi) is 6.33. The number of allylic oxidation sites excluding steroid dienone is 1. The van der Waals surface area contributed by atoms with Gasteiger partial charge in [0.05, 0.1) is 0 Å². The van der Waals surface area contributed by atoms with Crippen LogP contribution in [0.5, 0.6) is 0 Å². The summed E-state index contributed by atoms with van der Waals surface area (Å²) in [5.74, 6) is -0.0606. The summed E-state index contributed by atoms with van der Waals surface area (Å²) in [6.45, 7) is 5.16. The highest BCUT2D eigenvalue weighted by molar-refractivity contribution is 5.75. The van der Waals surface area contributed by atoms with Gasteiger partial charge in [-0.05, 0) is 18.9 Å². The van der Waals surface area contributed by atoms with Gasteiger partial charge in [0.1, 0.15) is 6.04 Å². The molecule has 6 heteroatoms. The molecule has 0 aliphatic carbocycles. The van der Waals surface area contributed by atoms with Crippen molar-refractivity contribution in [1.82, 2.24) is 14.9 Å². The highest BCUT2D eigenvalue weighted by Crippen LogP contribution is 2.13. The van der Waals surface area contributed by atoms with Gasteiger partial charge in [-0.1, -0.05) is 25.5 Å². The van der Waals surface area contributed by atoms with Gasteiger partial charge in [0.15, 0.2) is 0 Å². The topological polar surface area (TPSA) is 69.6 Å². The van der Waals surface area contributed by atoms with Crippen LogP contribution in [0.4, 0.5) is 5.95 Å². The Hall–Kier alpha value is -1.95. The smallest absolute Gasteiger partial charge is 0.324 e. The van der Waals surface area contributed by atoms with Gasteiger partial charge in [0.2, 0.25) is 5.95 Å². The average molecular weight is 304 g/mol. The molecule has 2 heterocycles. The maximum Gasteiger partial charge on any atom is 0.324 e. The summed E-state index contributed by atoms with van der Waals surface area (Å²) >= 11 is 0. The molecule has 1 aromatic rings. The molecule has 0 radical (unpaired) electrons. The number of carboxylic acids is 1. The third-order valence-electron chi connectivity index (χ3n) is 3.79. The van der Waals surface area contributed by atoms with E-state index in [4.69, 9.17) is 0 Å². The molecule has 1 fully saturated rings. The second-order valence-corrected chi connectivity index (χ2v) is 5.43. The normalized spacial score (nSPS) is 18.3. The molecule has 22 heavy (non-hydrogen) atoms. The Morgan fingerprint density at radius 1 is 1.32 bits per heavy atom. The van der Waals surface area contributed by atoms with Gasteiger partial charge in [0, 0.05) is 38.6 Å². The highest BCUT2D eigenvalue weighted by Gasteiger charge is 2.25. The van der Waals surface area contributed by atoms with Crippen LogP contribution in [0.2, 0.25) is 0 Å². The number of anilines is 1. The second-order valence-electron chi connectivity index (χ2n) is 5.43. The van der Waals surface area contributed by atoms with Gasteiger partial charge in [-0.2, -0.15) is 0 Å². The zero-order chi connectivity index (χ0) is 15.8. The minimum absolute atomic E-state index is 0.539. The lowest BCUT2D eigenvalue weighted by molar-refractivity contribution is -0.141. The molecular formula is C16H24N4O2. The van der Waals surface area contributed by atoms with Crippen LogP contribution in [0.15, 0.2) is 30.6 Å². The van der Waals surface area contributed by atoms with Crippen molar-refractivity contribution < 1.29 is 9.90 Å². The molecule has 1 aromatic heterocycles. The van der Waals surface area contributed by atoms with E-state index in [2.05, 4.69) is 21.8 Å². The first kappa shape index (κ1) is 16.4. The first-order chi connectivity index (χ1) is 10.7. The van der Waals surface area contributed by atoms with Gasteiger partial charge >= 0.3 is 5.97 Å². The van der Waals surface area contributed by atoms with Crippen LogP contribution in [0.1, 0.15) is 26.2 Å². The van der Waals surface area contributed by atoms with Crippen molar-refractivity contribution >= 4 is 11.9 Å². The van der Waals surface area contributed by atoms with Gasteiger partial charge in [-0.25, -0.2) is 9.97 Å². The number of hydrogen-bond acceptors (Lipinski definition) is 5. The molecule has 0 saturated carbocycles. The van der Waals surface area contributed by atoms with E-state index in [1.54, 1.807) is 18.5 Å². The Balaban J connectivity index is 2.00. The van der Waals surface area contributed by atoms with E-state index in [1.165, 1.54) is 0 Å². The maximum absolute atomic E-state index is 11.5. The third kappa shape index (κ3) is 4.53. The molecule has 1 saturated heterocycles. The molecule has 0 aromatic carbocycles. The van der Waals surface area contributed by atoms with E-state index in [1.807, 2.05) is 17.1 Å². The highest BCUT2D eigenvalue weighted by atomic mass is 16.4. The number of unbranched alkanes of at least 4 members (excludes halogenated alkanes) is 1. The standard InChI is InChI=1S/C16H24N4O2/c1-2-3-4-7-14(15(21)22)19-10-6-11-20(13-12-19)16-17-8-5-9-18-16/h4-5,7-9,14H,2-3,6,10-13H2,1H3,(H,21,22). The average Bonchev–Trinajstić information content (AvgIpc) is 2.78. The SMILES string of the molecule is CCCC=CC(C(=O)O)N1CCCN(c2ncccn2)CC1. The monoisotopic (exact) mass is 304 g/mol. The lowest BCUT2D eigenvalue weighted by atomic mass is 10.2. The summed E-state index contributed by atoms with van der Waals surface area (Å²) in [6, 6.07) is 1.26. The molecule has 0 bridgehead atoms. The van der Waals surface area contributed by atoms with Crippen LogP contribution in [0.25, 0.3) is 0 Å². The van der Waals surface area contributed by atoms with Crippen molar-refractivity contribution in [3.8, 4) is 0 Å². The van der Waals surface area contributed by atoms with E-state index in [9.17, 15) is 9.90 Å². The van der Waals surface area contributed by atoms with E-state index in [0.717, 1.165) is 44.8 Å². The largest absolute Gasteiger partial charge is 0.480 e. The van der Waals surface area contributed by atoms with E-state index in [-0.39, 0.29) is 0 Å². The Morgan fingerprint density at radius 2 is 2.09 bits per heavy atom. The lowest BCUT2D eigenvalue weighted by Gasteiger charge is -2.25. The van der Waals surface area contributed by atoms with Crippen molar-refractivity contribution in [2.45, 2.75) is 32.2 Å². The third-order valence-corrected chi connectivity index (χ3v) is 3.79. The minimum Gasteiger partial charge on any atom is -0.480 e.